The number of amides is 3. The molecule has 3 amide bonds. The number of carbonyl (C=O) groups excluding carboxylic acids is 3. The minimum atomic E-state index is -0.399. The third-order valence-electron chi connectivity index (χ3n) is 5.02. The number of hydrogen-bond acceptors (Lipinski definition) is 7. The molecule has 1 saturated heterocycles. The van der Waals surface area contributed by atoms with Crippen LogP contribution in [0.3, 0.4) is 0 Å². The molecule has 3 rings (SSSR count). The molecule has 0 aromatic heterocycles. The van der Waals surface area contributed by atoms with E-state index in [-0.39, 0.29) is 30.8 Å². The molecule has 1 fully saturated rings. The average Bonchev–Trinajstić information content (AvgIpc) is 3.08. The van der Waals surface area contributed by atoms with E-state index >= 15 is 0 Å². The maximum atomic E-state index is 12.7. The van der Waals surface area contributed by atoms with Gasteiger partial charge in [0.25, 0.3) is 17.1 Å². The van der Waals surface area contributed by atoms with Crippen LogP contribution in [0, 0.1) is 13.8 Å². The van der Waals surface area contributed by atoms with Gasteiger partial charge >= 0.3 is 0 Å². The summed E-state index contributed by atoms with van der Waals surface area (Å²) in [5.41, 5.74) is 2.69. The summed E-state index contributed by atoms with van der Waals surface area (Å²) in [5.74, 6) is 1.07. The summed E-state index contributed by atoms with van der Waals surface area (Å²) in [5, 5.41) is 2.30. The lowest BCUT2D eigenvalue weighted by Crippen LogP contribution is -2.38. The Morgan fingerprint density at radius 1 is 1.06 bits per heavy atom. The normalized spacial score (nSPS) is 14.5. The molecule has 0 aliphatic carbocycles. The molecule has 0 atom stereocenters. The first kappa shape index (κ1) is 25.2. The fourth-order valence-electron chi connectivity index (χ4n) is 3.26. The largest absolute Gasteiger partial charge is 0.493 e. The first-order chi connectivity index (χ1) is 16.3. The van der Waals surface area contributed by atoms with Crippen molar-refractivity contribution in [3.63, 3.8) is 0 Å². The molecular weight excluding hydrogens is 456 g/mol. The second-order valence-electron chi connectivity index (χ2n) is 7.58. The third kappa shape index (κ3) is 6.32. The third-order valence-corrected chi connectivity index (χ3v) is 5.93. The van der Waals surface area contributed by atoms with Gasteiger partial charge in [-0.25, -0.2) is 0 Å². The monoisotopic (exact) mass is 484 g/mol. The zero-order chi connectivity index (χ0) is 24.7. The van der Waals surface area contributed by atoms with Crippen molar-refractivity contribution in [2.45, 2.75) is 20.8 Å². The van der Waals surface area contributed by atoms with Gasteiger partial charge in [-0.1, -0.05) is 18.2 Å². The summed E-state index contributed by atoms with van der Waals surface area (Å²) in [4.78, 5) is 38.6. The van der Waals surface area contributed by atoms with Crippen LogP contribution in [0.15, 0.2) is 41.3 Å². The Morgan fingerprint density at radius 2 is 1.85 bits per heavy atom. The van der Waals surface area contributed by atoms with Gasteiger partial charge < -0.3 is 19.5 Å². The molecule has 0 bridgehead atoms. The zero-order valence-electron chi connectivity index (χ0n) is 19.7. The molecule has 1 aliphatic rings. The van der Waals surface area contributed by atoms with Gasteiger partial charge in [0.1, 0.15) is 5.75 Å². The summed E-state index contributed by atoms with van der Waals surface area (Å²) in [6.45, 7) is 6.30. The summed E-state index contributed by atoms with van der Waals surface area (Å²) < 4.78 is 16.4. The predicted octanol–water partition coefficient (Wildman–Crippen LogP) is 3.94. The molecule has 8 nitrogen and oxygen atoms in total. The molecule has 0 spiro atoms. The Balaban J connectivity index is 1.53. The van der Waals surface area contributed by atoms with Crippen LogP contribution in [0.25, 0.3) is 6.08 Å². The molecule has 2 aromatic rings. The number of aryl methyl sites for hydroxylation is 2. The van der Waals surface area contributed by atoms with Crippen LogP contribution in [0.1, 0.15) is 23.6 Å². The smallest absolute Gasteiger partial charge is 0.293 e. The summed E-state index contributed by atoms with van der Waals surface area (Å²) in [7, 11) is 1.54. The van der Waals surface area contributed by atoms with Gasteiger partial charge in [-0.05, 0) is 73.5 Å². The van der Waals surface area contributed by atoms with Gasteiger partial charge in [-0.15, -0.1) is 0 Å². The molecule has 1 N–H and O–H groups in total. The predicted molar refractivity (Wildman–Crippen MR) is 131 cm³/mol. The van der Waals surface area contributed by atoms with Gasteiger partial charge in [-0.2, -0.15) is 0 Å². The number of benzene rings is 2. The van der Waals surface area contributed by atoms with E-state index in [2.05, 4.69) is 5.32 Å². The quantitative estimate of drug-likeness (QED) is 0.511. The minimum absolute atomic E-state index is 0.0732. The Kier molecular flexibility index (Phi) is 8.59. The van der Waals surface area contributed by atoms with Gasteiger partial charge in [0, 0.05) is 13.1 Å². The van der Waals surface area contributed by atoms with Crippen LogP contribution >= 0.6 is 11.8 Å². The Labute approximate surface area is 203 Å². The lowest BCUT2D eigenvalue weighted by Gasteiger charge is -2.14. The number of rotatable bonds is 10. The van der Waals surface area contributed by atoms with Gasteiger partial charge in [0.15, 0.2) is 18.1 Å². The van der Waals surface area contributed by atoms with Crippen molar-refractivity contribution in [1.82, 2.24) is 10.2 Å². The van der Waals surface area contributed by atoms with E-state index in [1.165, 1.54) is 7.11 Å². The summed E-state index contributed by atoms with van der Waals surface area (Å²) >= 11 is 0.863. The highest BCUT2D eigenvalue weighted by Gasteiger charge is 2.34. The van der Waals surface area contributed by atoms with E-state index in [0.29, 0.717) is 34.3 Å². The molecule has 1 heterocycles. The fraction of sp³-hybridized carbons (Fsp3) is 0.320. The van der Waals surface area contributed by atoms with Gasteiger partial charge in [0.05, 0.1) is 18.6 Å². The average molecular weight is 485 g/mol. The van der Waals surface area contributed by atoms with Crippen molar-refractivity contribution in [3.8, 4) is 17.2 Å². The summed E-state index contributed by atoms with van der Waals surface area (Å²) in [6, 6.07) is 11.1. The number of hydrogen-bond donors (Lipinski definition) is 1. The van der Waals surface area contributed by atoms with Crippen molar-refractivity contribution in [1.29, 1.82) is 0 Å². The number of imide groups is 1. The fourth-order valence-corrected chi connectivity index (χ4v) is 4.12. The first-order valence-electron chi connectivity index (χ1n) is 10.8. The van der Waals surface area contributed by atoms with Crippen molar-refractivity contribution >= 4 is 34.9 Å². The Bertz CT molecular complexity index is 1110. The van der Waals surface area contributed by atoms with Crippen LogP contribution in [-0.4, -0.2) is 55.4 Å². The van der Waals surface area contributed by atoms with Crippen LogP contribution in [0.5, 0.6) is 17.2 Å². The highest BCUT2D eigenvalue weighted by atomic mass is 32.2. The van der Waals surface area contributed by atoms with Crippen LogP contribution in [0.2, 0.25) is 0 Å². The topological polar surface area (TPSA) is 94.2 Å². The second-order valence-corrected chi connectivity index (χ2v) is 8.58. The molecule has 9 heteroatoms. The highest BCUT2D eigenvalue weighted by Crippen LogP contribution is 2.34. The van der Waals surface area contributed by atoms with Crippen molar-refractivity contribution in [3.05, 3.63) is 58.0 Å². The molecule has 2 aromatic carbocycles. The molecule has 0 unspecified atom stereocenters. The van der Waals surface area contributed by atoms with E-state index in [1.807, 2.05) is 39.0 Å². The SMILES string of the molecule is CCOc1ccc(C=C2SC(=O)N(CCNC(=O)COc3cc(C)ccc3C)C2=O)cc1OC. The van der Waals surface area contributed by atoms with Crippen LogP contribution < -0.4 is 19.5 Å². The standard InChI is InChI=1S/C25H28N2O6S/c1-5-32-19-9-8-18(13-21(19)31-4)14-22-24(29)27(25(30)34-22)11-10-26-23(28)15-33-20-12-16(2)6-7-17(20)3/h6-9,12-14H,5,10-11,15H2,1-4H3,(H,26,28). The number of nitrogens with one attached hydrogen (secondary N) is 1. The zero-order valence-corrected chi connectivity index (χ0v) is 20.5. The first-order valence-corrected chi connectivity index (χ1v) is 11.7. The van der Waals surface area contributed by atoms with Crippen LogP contribution in [0.4, 0.5) is 4.79 Å². The maximum absolute atomic E-state index is 12.7. The summed E-state index contributed by atoms with van der Waals surface area (Å²) in [6.07, 6.45) is 1.64. The second kappa shape index (κ2) is 11.6. The molecule has 0 radical (unpaired) electrons. The van der Waals surface area contributed by atoms with Crippen molar-refractivity contribution < 1.29 is 28.6 Å². The molecular formula is C25H28N2O6S. The van der Waals surface area contributed by atoms with E-state index in [4.69, 9.17) is 14.2 Å². The number of carbonyl (C=O) groups is 3. The van der Waals surface area contributed by atoms with Gasteiger partial charge in [-0.3, -0.25) is 19.3 Å². The number of thioether (sulfide) groups is 1. The Morgan fingerprint density at radius 3 is 2.59 bits per heavy atom. The molecule has 1 aliphatic heterocycles. The maximum Gasteiger partial charge on any atom is 0.293 e. The highest BCUT2D eigenvalue weighted by molar-refractivity contribution is 8.18. The molecule has 180 valence electrons. The van der Waals surface area contributed by atoms with E-state index in [1.54, 1.807) is 24.3 Å². The van der Waals surface area contributed by atoms with Crippen LogP contribution in [-0.2, 0) is 9.59 Å². The lowest BCUT2D eigenvalue weighted by atomic mass is 10.1. The van der Waals surface area contributed by atoms with Crippen molar-refractivity contribution in [2.75, 3.05) is 33.4 Å². The molecule has 34 heavy (non-hydrogen) atoms. The number of nitrogens with zero attached hydrogens (tertiary/aromatic N) is 1. The van der Waals surface area contributed by atoms with Crippen molar-refractivity contribution in [2.24, 2.45) is 0 Å². The lowest BCUT2D eigenvalue weighted by molar-refractivity contribution is -0.125. The van der Waals surface area contributed by atoms with E-state index in [9.17, 15) is 14.4 Å². The number of methoxy groups -OCH3 is 1. The Hall–Kier alpha value is -3.46. The molecule has 0 saturated carbocycles. The number of ether oxygens (including phenoxy) is 3. The van der Waals surface area contributed by atoms with Gasteiger partial charge in [0.2, 0.25) is 0 Å². The van der Waals surface area contributed by atoms with E-state index < -0.39 is 5.91 Å². The van der Waals surface area contributed by atoms with E-state index in [0.717, 1.165) is 27.8 Å². The minimum Gasteiger partial charge on any atom is -0.493 e.